The number of carbonyl (C=O) groups is 2. The smallest absolute Gasteiger partial charge is 0.344 e. The van der Waals surface area contributed by atoms with E-state index in [0.29, 0.717) is 12.0 Å². The number of aliphatic hydroxyl groups is 2. The Morgan fingerprint density at radius 2 is 2.04 bits per heavy atom. The molecule has 4 bridgehead atoms. The summed E-state index contributed by atoms with van der Waals surface area (Å²) in [5, 5.41) is 22.0. The van der Waals surface area contributed by atoms with Crippen LogP contribution in [0.2, 0.25) is 0 Å². The van der Waals surface area contributed by atoms with E-state index in [1.54, 1.807) is 13.8 Å². The maximum absolute atomic E-state index is 12.6. The average Bonchev–Trinajstić information content (AvgIpc) is 3.26. The lowest BCUT2D eigenvalue weighted by atomic mass is 9.76. The second kappa shape index (κ2) is 5.85. The fourth-order valence-electron chi connectivity index (χ4n) is 4.55. The van der Waals surface area contributed by atoms with Gasteiger partial charge in [0.1, 0.15) is 24.4 Å². The van der Waals surface area contributed by atoms with Crippen LogP contribution in [-0.2, 0) is 23.8 Å². The number of hydrogen-bond acceptors (Lipinski definition) is 7. The number of carbonyl (C=O) groups excluding carboxylic acids is 2. The molecule has 0 amide bonds. The third-order valence-electron chi connectivity index (χ3n) is 6.11. The van der Waals surface area contributed by atoms with E-state index in [9.17, 15) is 19.8 Å². The summed E-state index contributed by atoms with van der Waals surface area (Å²) < 4.78 is 17.1. The van der Waals surface area contributed by atoms with Crippen molar-refractivity contribution in [3.05, 3.63) is 36.0 Å². The van der Waals surface area contributed by atoms with Crippen LogP contribution in [0.1, 0.15) is 33.1 Å². The topological polar surface area (TPSA) is 106 Å². The zero-order valence-electron chi connectivity index (χ0n) is 15.4. The summed E-state index contributed by atoms with van der Waals surface area (Å²) in [7, 11) is 0. The van der Waals surface area contributed by atoms with Crippen LogP contribution in [0.25, 0.3) is 0 Å². The number of rotatable bonds is 1. The van der Waals surface area contributed by atoms with Crippen LogP contribution in [0.15, 0.2) is 36.0 Å². The van der Waals surface area contributed by atoms with Gasteiger partial charge in [-0.15, -0.1) is 0 Å². The van der Waals surface area contributed by atoms with Gasteiger partial charge in [-0.05, 0) is 31.9 Å². The number of allylic oxidation sites excluding steroid dienone is 1. The van der Waals surface area contributed by atoms with E-state index in [2.05, 4.69) is 13.2 Å². The fraction of sp³-hybridized carbons (Fsp3) is 0.600. The Bertz CT molecular complexity index is 783. The van der Waals surface area contributed by atoms with Crippen molar-refractivity contribution in [3.63, 3.8) is 0 Å². The maximum Gasteiger partial charge on any atom is 0.344 e. The van der Waals surface area contributed by atoms with Gasteiger partial charge in [0.05, 0.1) is 0 Å². The third kappa shape index (κ3) is 2.56. The van der Waals surface area contributed by atoms with E-state index in [4.69, 9.17) is 14.2 Å². The van der Waals surface area contributed by atoms with Gasteiger partial charge < -0.3 is 24.4 Å². The van der Waals surface area contributed by atoms with Gasteiger partial charge in [0, 0.05) is 18.8 Å². The van der Waals surface area contributed by atoms with Gasteiger partial charge in [-0.1, -0.05) is 24.3 Å². The molecule has 2 N–H and O–H groups in total. The van der Waals surface area contributed by atoms with Gasteiger partial charge in [-0.25, -0.2) is 4.79 Å². The van der Waals surface area contributed by atoms with Crippen LogP contribution in [0, 0.1) is 5.92 Å². The number of hydrogen-bond donors (Lipinski definition) is 2. The van der Waals surface area contributed by atoms with Gasteiger partial charge in [0.25, 0.3) is 0 Å². The first-order chi connectivity index (χ1) is 12.6. The first-order valence-electron chi connectivity index (χ1n) is 9.10. The molecule has 7 heteroatoms. The largest absolute Gasteiger partial charge is 0.457 e. The van der Waals surface area contributed by atoms with E-state index in [1.807, 2.05) is 0 Å². The highest BCUT2D eigenvalue weighted by Crippen LogP contribution is 2.56. The van der Waals surface area contributed by atoms with Gasteiger partial charge in [-0.2, -0.15) is 0 Å². The van der Waals surface area contributed by atoms with E-state index >= 15 is 0 Å². The molecule has 0 aliphatic carbocycles. The molecule has 4 aliphatic rings. The van der Waals surface area contributed by atoms with Crippen molar-refractivity contribution in [2.24, 2.45) is 5.92 Å². The fourth-order valence-corrected chi connectivity index (χ4v) is 4.55. The first-order valence-corrected chi connectivity index (χ1v) is 9.10. The second-order valence-corrected chi connectivity index (χ2v) is 8.15. The second-order valence-electron chi connectivity index (χ2n) is 8.15. The van der Waals surface area contributed by atoms with Crippen LogP contribution < -0.4 is 0 Å². The molecule has 27 heavy (non-hydrogen) atoms. The lowest BCUT2D eigenvalue weighted by Gasteiger charge is -2.47. The van der Waals surface area contributed by atoms with E-state index in [1.165, 1.54) is 6.08 Å². The SMILES string of the molecule is C=C(C)[C@H]1C[C@@H]2O[C@](O)(C(=C)CC(=O)C=C(C)C[C@H]3OC(=O)[C@@]24O[C@H]34)[C@@H]1O. The minimum Gasteiger partial charge on any atom is -0.457 e. The molecule has 0 spiro atoms. The zero-order valence-corrected chi connectivity index (χ0v) is 15.4. The number of ketones is 1. The molecule has 0 aromatic heterocycles. The van der Waals surface area contributed by atoms with Crippen molar-refractivity contribution in [1.29, 1.82) is 0 Å². The van der Waals surface area contributed by atoms with Crippen molar-refractivity contribution in [2.75, 3.05) is 0 Å². The summed E-state index contributed by atoms with van der Waals surface area (Å²) >= 11 is 0. The van der Waals surface area contributed by atoms with Gasteiger partial charge >= 0.3 is 5.97 Å². The van der Waals surface area contributed by atoms with Crippen molar-refractivity contribution in [3.8, 4) is 0 Å². The standard InChI is InChI=1S/C20H24O7/c1-9(2)13-8-15-19-17(27-19)14(25-18(19)23)6-10(3)5-12(21)7-11(4)20(24,26-15)16(13)22/h5,13-17,22,24H,1,4,6-8H2,2-3H3/t13-,14-,15+,16-,17-,19-,20-/m1/s1. The number of ether oxygens (including phenoxy) is 3. The summed E-state index contributed by atoms with van der Waals surface area (Å²) in [4.78, 5) is 25.0. The predicted molar refractivity (Wildman–Crippen MR) is 93.4 cm³/mol. The molecule has 0 unspecified atom stereocenters. The summed E-state index contributed by atoms with van der Waals surface area (Å²) in [5.74, 6) is -3.55. The summed E-state index contributed by atoms with van der Waals surface area (Å²) in [6.45, 7) is 11.2. The lowest BCUT2D eigenvalue weighted by Crippen LogP contribution is -2.60. The minimum atomic E-state index is -2.19. The first kappa shape index (κ1) is 18.6. The van der Waals surface area contributed by atoms with E-state index < -0.39 is 47.7 Å². The molecule has 146 valence electrons. The van der Waals surface area contributed by atoms with Crippen LogP contribution in [0.4, 0.5) is 0 Å². The lowest BCUT2D eigenvalue weighted by molar-refractivity contribution is -0.297. The van der Waals surface area contributed by atoms with E-state index in [0.717, 1.165) is 5.57 Å². The predicted octanol–water partition coefficient (Wildman–Crippen LogP) is 0.945. The maximum atomic E-state index is 12.6. The third-order valence-corrected chi connectivity index (χ3v) is 6.11. The zero-order chi connectivity index (χ0) is 19.7. The Morgan fingerprint density at radius 1 is 1.33 bits per heavy atom. The van der Waals surface area contributed by atoms with Gasteiger partial charge in [-0.3, -0.25) is 4.79 Å². The summed E-state index contributed by atoms with van der Waals surface area (Å²) in [6, 6.07) is 0. The molecular formula is C20H24O7. The van der Waals surface area contributed by atoms with Crippen LogP contribution >= 0.6 is 0 Å². The minimum absolute atomic E-state index is 0.0390. The molecule has 0 aromatic carbocycles. The quantitative estimate of drug-likeness (QED) is 0.399. The molecule has 3 fully saturated rings. The highest BCUT2D eigenvalue weighted by Gasteiger charge is 2.78. The molecule has 7 atom stereocenters. The van der Waals surface area contributed by atoms with Crippen molar-refractivity contribution < 1.29 is 34.0 Å². The Hall–Kier alpha value is -1.80. The van der Waals surface area contributed by atoms with Gasteiger partial charge in [0.15, 0.2) is 5.78 Å². The number of fused-ring (bicyclic) bond motifs is 2. The molecule has 7 nitrogen and oxygen atoms in total. The Labute approximate surface area is 157 Å². The molecule has 0 saturated carbocycles. The Balaban J connectivity index is 1.81. The number of aliphatic hydroxyl groups excluding tert-OH is 1. The van der Waals surface area contributed by atoms with Crippen molar-refractivity contribution in [2.45, 2.75) is 68.9 Å². The molecular weight excluding hydrogens is 352 g/mol. The van der Waals surface area contributed by atoms with Crippen LogP contribution in [0.3, 0.4) is 0 Å². The highest BCUT2D eigenvalue weighted by molar-refractivity contribution is 5.92. The van der Waals surface area contributed by atoms with Crippen molar-refractivity contribution in [1.82, 2.24) is 0 Å². The molecule has 0 aromatic rings. The average molecular weight is 376 g/mol. The molecule has 4 rings (SSSR count). The Kier molecular flexibility index (Phi) is 4.02. The van der Waals surface area contributed by atoms with Crippen LogP contribution in [0.5, 0.6) is 0 Å². The van der Waals surface area contributed by atoms with Crippen molar-refractivity contribution >= 4 is 11.8 Å². The highest BCUT2D eigenvalue weighted by atomic mass is 16.7. The monoisotopic (exact) mass is 376 g/mol. The normalized spacial score (nSPS) is 46.6. The molecule has 3 saturated heterocycles. The summed E-state index contributed by atoms with van der Waals surface area (Å²) in [6.07, 6.45) is -1.32. The molecule has 0 radical (unpaired) electrons. The van der Waals surface area contributed by atoms with E-state index in [-0.39, 0.29) is 24.2 Å². The van der Waals surface area contributed by atoms with Crippen LogP contribution in [-0.4, -0.2) is 57.8 Å². The summed E-state index contributed by atoms with van der Waals surface area (Å²) in [5.41, 5.74) is 0.122. The molecule has 4 aliphatic heterocycles. The number of esters is 1. The number of epoxide rings is 1. The van der Waals surface area contributed by atoms with Gasteiger partial charge in [0.2, 0.25) is 11.4 Å². The Morgan fingerprint density at radius 3 is 2.67 bits per heavy atom. The molecule has 4 heterocycles.